The molecule has 0 fully saturated rings. The fraction of sp³-hybridized carbons (Fsp3) is 0.500. The monoisotopic (exact) mass is 183 g/mol. The maximum absolute atomic E-state index is 10.5. The predicted octanol–water partition coefficient (Wildman–Crippen LogP) is 1.46. The van der Waals surface area contributed by atoms with E-state index in [0.29, 0.717) is 0 Å². The minimum absolute atomic E-state index is 0.0962. The lowest BCUT2D eigenvalue weighted by Gasteiger charge is -2.12. The van der Waals surface area contributed by atoms with Crippen molar-refractivity contribution in [1.82, 2.24) is 5.16 Å². The zero-order valence-corrected chi connectivity index (χ0v) is 7.92. The topological polar surface area (TPSA) is 81.1 Å². The van der Waals surface area contributed by atoms with E-state index in [9.17, 15) is 4.79 Å². The predicted molar refractivity (Wildman–Crippen MR) is 48.4 cm³/mol. The number of urea groups is 1. The lowest BCUT2D eigenvalue weighted by Crippen LogP contribution is -2.18. The van der Waals surface area contributed by atoms with Gasteiger partial charge in [-0.2, -0.15) is 0 Å². The molecule has 0 spiro atoms. The van der Waals surface area contributed by atoms with Crippen LogP contribution in [0.5, 0.6) is 0 Å². The van der Waals surface area contributed by atoms with Gasteiger partial charge in [-0.1, -0.05) is 25.9 Å². The molecule has 1 heterocycles. The molecule has 0 aliphatic rings. The van der Waals surface area contributed by atoms with Gasteiger partial charge in [-0.15, -0.1) is 0 Å². The van der Waals surface area contributed by atoms with E-state index in [-0.39, 0.29) is 11.3 Å². The second-order valence-corrected chi connectivity index (χ2v) is 3.82. The van der Waals surface area contributed by atoms with Gasteiger partial charge in [0.05, 0.1) is 5.69 Å². The molecule has 1 aromatic heterocycles. The highest BCUT2D eigenvalue weighted by atomic mass is 16.5. The Morgan fingerprint density at radius 1 is 1.62 bits per heavy atom. The van der Waals surface area contributed by atoms with Gasteiger partial charge in [-0.05, 0) is 0 Å². The quantitative estimate of drug-likeness (QED) is 0.691. The molecule has 5 heteroatoms. The van der Waals surface area contributed by atoms with Crippen LogP contribution in [0.15, 0.2) is 10.6 Å². The van der Waals surface area contributed by atoms with Crippen molar-refractivity contribution < 1.29 is 9.32 Å². The molecule has 1 rings (SSSR count). The summed E-state index contributed by atoms with van der Waals surface area (Å²) in [4.78, 5) is 10.5. The first-order chi connectivity index (χ1) is 5.89. The van der Waals surface area contributed by atoms with E-state index in [2.05, 4.69) is 10.5 Å². The molecule has 0 aliphatic heterocycles. The molecule has 3 N–H and O–H groups in total. The highest BCUT2D eigenvalue weighted by Gasteiger charge is 2.19. The summed E-state index contributed by atoms with van der Waals surface area (Å²) in [5.41, 5.74) is 5.58. The number of hydrogen-bond acceptors (Lipinski definition) is 3. The maximum Gasteiger partial charge on any atom is 0.319 e. The summed E-state index contributed by atoms with van der Waals surface area (Å²) in [6.07, 6.45) is 0. The van der Waals surface area contributed by atoms with Crippen LogP contribution in [-0.4, -0.2) is 11.2 Å². The molecule has 0 unspecified atom stereocenters. The minimum Gasteiger partial charge on any atom is -0.351 e. The van der Waals surface area contributed by atoms with Crippen molar-refractivity contribution in [2.24, 2.45) is 5.73 Å². The van der Waals surface area contributed by atoms with E-state index < -0.39 is 6.03 Å². The molecule has 72 valence electrons. The number of aromatic nitrogens is 1. The number of hydrogen-bond donors (Lipinski definition) is 2. The lowest BCUT2D eigenvalue weighted by atomic mass is 9.92. The van der Waals surface area contributed by atoms with Gasteiger partial charge >= 0.3 is 6.03 Å². The van der Waals surface area contributed by atoms with Crippen molar-refractivity contribution in [1.29, 1.82) is 0 Å². The van der Waals surface area contributed by atoms with Crippen LogP contribution in [0.25, 0.3) is 0 Å². The third-order valence-corrected chi connectivity index (χ3v) is 1.52. The van der Waals surface area contributed by atoms with E-state index in [1.165, 1.54) is 0 Å². The van der Waals surface area contributed by atoms with Crippen molar-refractivity contribution >= 4 is 11.9 Å². The molecule has 2 amide bonds. The molecule has 0 atom stereocenters. The molecule has 0 saturated heterocycles. The number of carbonyl (C=O) groups excluding carboxylic acids is 1. The maximum atomic E-state index is 10.5. The second-order valence-electron chi connectivity index (χ2n) is 3.82. The summed E-state index contributed by atoms with van der Waals surface area (Å²) in [6, 6.07) is 1.00. The van der Waals surface area contributed by atoms with E-state index in [1.54, 1.807) is 6.07 Å². The average molecular weight is 183 g/mol. The third kappa shape index (κ3) is 2.47. The molecule has 0 aromatic carbocycles. The summed E-state index contributed by atoms with van der Waals surface area (Å²) < 4.78 is 4.84. The molecule has 1 aromatic rings. The van der Waals surface area contributed by atoms with E-state index in [1.807, 2.05) is 20.8 Å². The number of nitrogens with two attached hydrogens (primary N) is 1. The van der Waals surface area contributed by atoms with Crippen LogP contribution in [0, 0.1) is 0 Å². The molecule has 0 saturated carbocycles. The fourth-order valence-corrected chi connectivity index (χ4v) is 0.809. The van der Waals surface area contributed by atoms with Gasteiger partial charge in [0.1, 0.15) is 0 Å². The van der Waals surface area contributed by atoms with Gasteiger partial charge < -0.3 is 10.3 Å². The zero-order valence-electron chi connectivity index (χ0n) is 7.92. The first-order valence-corrected chi connectivity index (χ1v) is 3.93. The Labute approximate surface area is 76.3 Å². The van der Waals surface area contributed by atoms with Crippen LogP contribution in [0.3, 0.4) is 0 Å². The first kappa shape index (κ1) is 9.57. The highest BCUT2D eigenvalue weighted by Crippen LogP contribution is 2.23. The molecule has 13 heavy (non-hydrogen) atoms. The Kier molecular flexibility index (Phi) is 2.27. The van der Waals surface area contributed by atoms with Crippen molar-refractivity contribution in [3.05, 3.63) is 11.8 Å². The number of primary amides is 1. The molecular weight excluding hydrogens is 170 g/mol. The normalized spacial score (nSPS) is 11.3. The van der Waals surface area contributed by atoms with Gasteiger partial charge in [0.2, 0.25) is 5.88 Å². The molecular formula is C8H13N3O2. The Morgan fingerprint density at radius 3 is 2.62 bits per heavy atom. The largest absolute Gasteiger partial charge is 0.351 e. The number of carbonyl (C=O) groups is 1. The summed E-state index contributed by atoms with van der Waals surface area (Å²) in [7, 11) is 0. The van der Waals surface area contributed by atoms with Gasteiger partial charge in [0.15, 0.2) is 0 Å². The summed E-state index contributed by atoms with van der Waals surface area (Å²) >= 11 is 0. The Hall–Kier alpha value is -1.52. The summed E-state index contributed by atoms with van der Waals surface area (Å²) in [5.74, 6) is 0.275. The van der Waals surface area contributed by atoms with Crippen LogP contribution in [0.4, 0.5) is 10.7 Å². The number of amides is 2. The minimum atomic E-state index is -0.656. The first-order valence-electron chi connectivity index (χ1n) is 3.93. The number of anilines is 1. The van der Waals surface area contributed by atoms with E-state index in [0.717, 1.165) is 5.69 Å². The van der Waals surface area contributed by atoms with Crippen LogP contribution < -0.4 is 11.1 Å². The van der Waals surface area contributed by atoms with Gasteiger partial charge in [0.25, 0.3) is 0 Å². The van der Waals surface area contributed by atoms with Crippen LogP contribution in [-0.2, 0) is 5.41 Å². The molecule has 0 bridgehead atoms. The average Bonchev–Trinajstić information content (AvgIpc) is 2.32. The number of rotatable bonds is 1. The molecule has 5 nitrogen and oxygen atoms in total. The number of nitrogens with zero attached hydrogens (tertiary/aromatic N) is 1. The van der Waals surface area contributed by atoms with Gasteiger partial charge in [-0.3, -0.25) is 5.32 Å². The summed E-state index contributed by atoms with van der Waals surface area (Å²) in [6.45, 7) is 6.00. The van der Waals surface area contributed by atoms with Gasteiger partial charge in [0, 0.05) is 11.5 Å². The standard InChI is InChI=1S/C8H13N3O2/c1-8(2,3)5-4-6(13-11-5)10-7(9)12/h4H,1-3H3,(H3,9,10,12). The summed E-state index contributed by atoms with van der Waals surface area (Å²) in [5, 5.41) is 6.10. The van der Waals surface area contributed by atoms with Crippen molar-refractivity contribution in [2.75, 3.05) is 5.32 Å². The number of nitrogens with one attached hydrogen (secondary N) is 1. The van der Waals surface area contributed by atoms with E-state index in [4.69, 9.17) is 10.3 Å². The van der Waals surface area contributed by atoms with Crippen molar-refractivity contribution in [3.63, 3.8) is 0 Å². The van der Waals surface area contributed by atoms with Gasteiger partial charge in [-0.25, -0.2) is 4.79 Å². The van der Waals surface area contributed by atoms with Crippen LogP contribution in [0.1, 0.15) is 26.5 Å². The molecule has 0 radical (unpaired) electrons. The van der Waals surface area contributed by atoms with Crippen LogP contribution >= 0.6 is 0 Å². The highest BCUT2D eigenvalue weighted by molar-refractivity contribution is 5.86. The Morgan fingerprint density at radius 2 is 2.23 bits per heavy atom. The third-order valence-electron chi connectivity index (χ3n) is 1.52. The van der Waals surface area contributed by atoms with Crippen molar-refractivity contribution in [2.45, 2.75) is 26.2 Å². The van der Waals surface area contributed by atoms with E-state index >= 15 is 0 Å². The smallest absolute Gasteiger partial charge is 0.319 e. The van der Waals surface area contributed by atoms with Crippen LogP contribution in [0.2, 0.25) is 0 Å². The molecule has 0 aliphatic carbocycles. The Balaban J connectivity index is 2.81. The Bertz CT molecular complexity index is 311. The fourth-order valence-electron chi connectivity index (χ4n) is 0.809. The second kappa shape index (κ2) is 3.08. The zero-order chi connectivity index (χ0) is 10.1. The van der Waals surface area contributed by atoms with Crippen molar-refractivity contribution in [3.8, 4) is 0 Å². The lowest BCUT2D eigenvalue weighted by molar-refractivity contribution is 0.258. The SMILES string of the molecule is CC(C)(C)c1cc(NC(N)=O)on1.